The third-order valence-electron chi connectivity index (χ3n) is 3.84. The highest BCUT2D eigenvalue weighted by Gasteiger charge is 2.33. The fraction of sp³-hybridized carbons (Fsp3) is 0.250. The van der Waals surface area contributed by atoms with Crippen molar-refractivity contribution in [2.45, 2.75) is 18.9 Å². The lowest BCUT2D eigenvalue weighted by atomic mass is 10.2. The van der Waals surface area contributed by atoms with E-state index >= 15 is 0 Å². The Morgan fingerprint density at radius 2 is 2.14 bits per heavy atom. The van der Waals surface area contributed by atoms with Crippen LogP contribution in [-0.2, 0) is 0 Å². The average molecular weight is 314 g/mol. The van der Waals surface area contributed by atoms with Crippen molar-refractivity contribution in [1.29, 1.82) is 0 Å². The van der Waals surface area contributed by atoms with Crippen LogP contribution >= 0.6 is 22.7 Å². The van der Waals surface area contributed by atoms with Crippen molar-refractivity contribution in [3.05, 3.63) is 51.7 Å². The average Bonchev–Trinajstić information content (AvgIpc) is 3.24. The van der Waals surface area contributed by atoms with Gasteiger partial charge in [0.05, 0.1) is 21.1 Å². The van der Waals surface area contributed by atoms with E-state index in [4.69, 9.17) is 4.98 Å². The molecule has 1 aliphatic rings. The summed E-state index contributed by atoms with van der Waals surface area (Å²) < 4.78 is 1.20. The lowest BCUT2D eigenvalue weighted by Gasteiger charge is -2.22. The van der Waals surface area contributed by atoms with E-state index in [2.05, 4.69) is 6.07 Å². The number of benzene rings is 1. The molecule has 0 aliphatic carbocycles. The summed E-state index contributed by atoms with van der Waals surface area (Å²) in [7, 11) is 0. The highest BCUT2D eigenvalue weighted by molar-refractivity contribution is 7.18. The normalized spacial score (nSPS) is 18.5. The Kier molecular flexibility index (Phi) is 3.24. The zero-order valence-corrected chi connectivity index (χ0v) is 13.0. The summed E-state index contributed by atoms with van der Waals surface area (Å²) in [6.45, 7) is 0.831. The maximum absolute atomic E-state index is 12.6. The van der Waals surface area contributed by atoms with Gasteiger partial charge in [-0.3, -0.25) is 4.79 Å². The Morgan fingerprint density at radius 3 is 2.95 bits per heavy atom. The van der Waals surface area contributed by atoms with Gasteiger partial charge in [-0.25, -0.2) is 4.98 Å². The second kappa shape index (κ2) is 5.24. The second-order valence-corrected chi connectivity index (χ2v) is 7.16. The lowest BCUT2D eigenvalue weighted by molar-refractivity contribution is 0.0740. The first-order valence-electron chi connectivity index (χ1n) is 7.03. The number of para-hydroxylation sites is 1. The van der Waals surface area contributed by atoms with Gasteiger partial charge in [-0.15, -0.1) is 22.7 Å². The predicted molar refractivity (Wildman–Crippen MR) is 87.0 cm³/mol. The van der Waals surface area contributed by atoms with Gasteiger partial charge in [0.25, 0.3) is 5.91 Å². The summed E-state index contributed by atoms with van der Waals surface area (Å²) >= 11 is 3.22. The van der Waals surface area contributed by atoms with Crippen molar-refractivity contribution < 1.29 is 4.79 Å². The number of hydrogen-bond donors (Lipinski definition) is 0. The maximum Gasteiger partial charge on any atom is 0.264 e. The quantitative estimate of drug-likeness (QED) is 0.705. The van der Waals surface area contributed by atoms with E-state index in [1.165, 1.54) is 16.0 Å². The van der Waals surface area contributed by atoms with Crippen LogP contribution < -0.4 is 0 Å². The number of thiophene rings is 1. The van der Waals surface area contributed by atoms with E-state index in [1.54, 1.807) is 11.3 Å². The summed E-state index contributed by atoms with van der Waals surface area (Å²) in [6, 6.07) is 12.1. The summed E-state index contributed by atoms with van der Waals surface area (Å²) in [5.41, 5.74) is 1.04. The molecule has 1 aliphatic heterocycles. The number of amides is 1. The minimum absolute atomic E-state index is 0.136. The van der Waals surface area contributed by atoms with Crippen molar-refractivity contribution in [2.75, 3.05) is 6.54 Å². The van der Waals surface area contributed by atoms with Crippen LogP contribution in [0, 0.1) is 0 Å². The fourth-order valence-electron chi connectivity index (χ4n) is 2.84. The molecule has 0 radical (unpaired) electrons. The van der Waals surface area contributed by atoms with Gasteiger partial charge in [0.1, 0.15) is 5.01 Å². The maximum atomic E-state index is 12.6. The molecule has 0 bridgehead atoms. The fourth-order valence-corrected chi connectivity index (χ4v) is 4.64. The van der Waals surface area contributed by atoms with Gasteiger partial charge in [0.15, 0.2) is 0 Å². The number of thiazole rings is 1. The third-order valence-corrected chi connectivity index (χ3v) is 5.84. The van der Waals surface area contributed by atoms with E-state index in [1.807, 2.05) is 40.6 Å². The van der Waals surface area contributed by atoms with Crippen LogP contribution in [0.25, 0.3) is 10.2 Å². The standard InChI is InChI=1S/C16H14N2OS2/c19-16(14-8-4-10-20-14)18-9-3-6-12(18)15-17-11-5-1-2-7-13(11)21-15/h1-2,4-5,7-8,10,12H,3,6,9H2/t12-/m0/s1. The Labute approximate surface area is 130 Å². The summed E-state index contributed by atoms with van der Waals surface area (Å²) in [6.07, 6.45) is 2.06. The molecule has 2 aromatic heterocycles. The van der Waals surface area contributed by atoms with Gasteiger partial charge < -0.3 is 4.90 Å². The van der Waals surface area contributed by atoms with Gasteiger partial charge in [0.2, 0.25) is 0 Å². The van der Waals surface area contributed by atoms with Crippen LogP contribution in [-0.4, -0.2) is 22.3 Å². The number of rotatable bonds is 2. The number of likely N-dealkylation sites (tertiary alicyclic amines) is 1. The minimum atomic E-state index is 0.136. The molecule has 1 atom stereocenters. The second-order valence-electron chi connectivity index (χ2n) is 5.15. The van der Waals surface area contributed by atoms with E-state index in [-0.39, 0.29) is 11.9 Å². The molecule has 0 unspecified atom stereocenters. The van der Waals surface area contributed by atoms with E-state index < -0.39 is 0 Å². The minimum Gasteiger partial charge on any atom is -0.328 e. The van der Waals surface area contributed by atoms with E-state index in [0.717, 1.165) is 34.8 Å². The molecule has 0 saturated carbocycles. The summed E-state index contributed by atoms with van der Waals surface area (Å²) in [4.78, 5) is 20.2. The van der Waals surface area contributed by atoms with E-state index in [9.17, 15) is 4.79 Å². The number of fused-ring (bicyclic) bond motifs is 1. The third kappa shape index (κ3) is 2.26. The highest BCUT2D eigenvalue weighted by atomic mass is 32.1. The molecular weight excluding hydrogens is 300 g/mol. The van der Waals surface area contributed by atoms with Gasteiger partial charge in [-0.05, 0) is 36.4 Å². The first-order chi connectivity index (χ1) is 10.3. The Morgan fingerprint density at radius 1 is 1.24 bits per heavy atom. The molecule has 21 heavy (non-hydrogen) atoms. The Hall–Kier alpha value is -1.72. The van der Waals surface area contributed by atoms with Gasteiger partial charge in [-0.2, -0.15) is 0 Å². The molecule has 106 valence electrons. The van der Waals surface area contributed by atoms with Gasteiger partial charge in [-0.1, -0.05) is 18.2 Å². The molecule has 1 aromatic carbocycles. The van der Waals surface area contributed by atoms with Crippen LogP contribution in [0.2, 0.25) is 0 Å². The number of carbonyl (C=O) groups excluding carboxylic acids is 1. The van der Waals surface area contributed by atoms with Crippen molar-refractivity contribution in [1.82, 2.24) is 9.88 Å². The largest absolute Gasteiger partial charge is 0.328 e. The molecule has 1 saturated heterocycles. The zero-order valence-electron chi connectivity index (χ0n) is 11.4. The molecule has 1 amide bonds. The smallest absolute Gasteiger partial charge is 0.264 e. The van der Waals surface area contributed by atoms with Crippen LogP contribution in [0.3, 0.4) is 0 Å². The Balaban J connectivity index is 1.68. The zero-order chi connectivity index (χ0) is 14.2. The summed E-state index contributed by atoms with van der Waals surface area (Å²) in [5, 5.41) is 3.02. The summed E-state index contributed by atoms with van der Waals surface area (Å²) in [5.74, 6) is 0.145. The predicted octanol–water partition coefficient (Wildman–Crippen LogP) is 4.34. The molecule has 3 heterocycles. The molecule has 3 nitrogen and oxygen atoms in total. The van der Waals surface area contributed by atoms with E-state index in [0.29, 0.717) is 0 Å². The van der Waals surface area contributed by atoms with Crippen molar-refractivity contribution in [3.63, 3.8) is 0 Å². The molecule has 0 spiro atoms. The topological polar surface area (TPSA) is 33.2 Å². The molecule has 1 fully saturated rings. The van der Waals surface area contributed by atoms with Crippen LogP contribution in [0.5, 0.6) is 0 Å². The molecule has 0 N–H and O–H groups in total. The van der Waals surface area contributed by atoms with Crippen molar-refractivity contribution >= 4 is 38.8 Å². The van der Waals surface area contributed by atoms with Crippen molar-refractivity contribution in [3.8, 4) is 0 Å². The van der Waals surface area contributed by atoms with Crippen LogP contribution in [0.4, 0.5) is 0 Å². The number of carbonyl (C=O) groups is 1. The van der Waals surface area contributed by atoms with Crippen LogP contribution in [0.15, 0.2) is 41.8 Å². The molecular formula is C16H14N2OS2. The first kappa shape index (κ1) is 13.0. The number of hydrogen-bond acceptors (Lipinski definition) is 4. The van der Waals surface area contributed by atoms with Gasteiger partial charge in [0, 0.05) is 6.54 Å². The van der Waals surface area contributed by atoms with Crippen LogP contribution in [0.1, 0.15) is 33.6 Å². The number of aromatic nitrogens is 1. The van der Waals surface area contributed by atoms with Crippen molar-refractivity contribution in [2.24, 2.45) is 0 Å². The molecule has 5 heteroatoms. The highest BCUT2D eigenvalue weighted by Crippen LogP contribution is 2.37. The van der Waals surface area contributed by atoms with Gasteiger partial charge >= 0.3 is 0 Å². The number of nitrogens with zero attached hydrogens (tertiary/aromatic N) is 2. The molecule has 4 rings (SSSR count). The lowest BCUT2D eigenvalue weighted by Crippen LogP contribution is -2.29. The SMILES string of the molecule is O=C(c1cccs1)N1CCC[C@H]1c1nc2ccccc2s1. The monoisotopic (exact) mass is 314 g/mol. The Bertz CT molecular complexity index is 746. The first-order valence-corrected chi connectivity index (χ1v) is 8.72. The molecule has 3 aromatic rings.